The molecule has 3 N–H and O–H groups in total. The van der Waals surface area contributed by atoms with Gasteiger partial charge < -0.3 is 4.98 Å². The second-order valence-electron chi connectivity index (χ2n) is 7.48. The molecule has 31 heavy (non-hydrogen) atoms. The van der Waals surface area contributed by atoms with E-state index in [9.17, 15) is 4.39 Å². The quantitative estimate of drug-likeness (QED) is 0.383. The average molecular weight is 409 g/mol. The molecule has 8 heteroatoms. The van der Waals surface area contributed by atoms with Gasteiger partial charge in [0.1, 0.15) is 11.5 Å². The summed E-state index contributed by atoms with van der Waals surface area (Å²) in [5.41, 5.74) is 7.32. The van der Waals surface area contributed by atoms with Crippen LogP contribution in [0, 0.1) is 12.7 Å². The molecule has 0 amide bonds. The summed E-state index contributed by atoms with van der Waals surface area (Å²) in [5.74, 6) is 0.367. The van der Waals surface area contributed by atoms with Gasteiger partial charge in [-0.25, -0.2) is 9.37 Å². The van der Waals surface area contributed by atoms with Gasteiger partial charge in [0.05, 0.1) is 34.6 Å². The van der Waals surface area contributed by atoms with E-state index in [1.54, 1.807) is 18.6 Å². The molecule has 150 valence electrons. The highest BCUT2D eigenvalue weighted by molar-refractivity contribution is 5.97. The van der Waals surface area contributed by atoms with Gasteiger partial charge in [-0.1, -0.05) is 18.2 Å². The summed E-state index contributed by atoms with van der Waals surface area (Å²) >= 11 is 0. The highest BCUT2D eigenvalue weighted by Gasteiger charge is 2.16. The second-order valence-corrected chi connectivity index (χ2v) is 7.48. The van der Waals surface area contributed by atoms with Crippen LogP contribution in [0.4, 0.5) is 4.39 Å². The highest BCUT2D eigenvalue weighted by Crippen LogP contribution is 2.33. The van der Waals surface area contributed by atoms with Crippen molar-refractivity contribution in [3.63, 3.8) is 0 Å². The lowest BCUT2D eigenvalue weighted by Gasteiger charge is -2.04. The summed E-state index contributed by atoms with van der Waals surface area (Å²) in [4.78, 5) is 12.7. The molecule has 0 atom stereocenters. The number of fused-ring (bicyclic) bond motifs is 2. The standard InChI is InChI=1S/C23H16FN7/c1-12-5-13(7-15(24)6-12)16-3-2-4-18-21(16)29-23(28-18)22-17-8-19(14-9-26-27-10-14)25-11-20(17)30-31-22/h2-11H,1H3,(H,26,27)(H,28,29)(H,30,31). The van der Waals surface area contributed by atoms with Crippen LogP contribution in [0.5, 0.6) is 0 Å². The van der Waals surface area contributed by atoms with Crippen LogP contribution in [0.25, 0.3) is 55.8 Å². The second kappa shape index (κ2) is 6.60. The number of halogens is 1. The third-order valence-corrected chi connectivity index (χ3v) is 5.33. The Morgan fingerprint density at radius 3 is 2.74 bits per heavy atom. The number of imidazole rings is 1. The number of aromatic nitrogens is 7. The number of hydrogen-bond acceptors (Lipinski definition) is 4. The van der Waals surface area contributed by atoms with Gasteiger partial charge in [0.2, 0.25) is 0 Å². The fourth-order valence-electron chi connectivity index (χ4n) is 3.92. The van der Waals surface area contributed by atoms with Gasteiger partial charge in [-0.3, -0.25) is 15.2 Å². The Kier molecular flexibility index (Phi) is 3.73. The lowest BCUT2D eigenvalue weighted by Crippen LogP contribution is -1.85. The molecule has 6 aromatic rings. The minimum absolute atomic E-state index is 0.264. The van der Waals surface area contributed by atoms with E-state index in [1.807, 2.05) is 37.3 Å². The first-order valence-electron chi connectivity index (χ1n) is 9.76. The lowest BCUT2D eigenvalue weighted by atomic mass is 10.0. The van der Waals surface area contributed by atoms with E-state index in [0.717, 1.165) is 49.9 Å². The van der Waals surface area contributed by atoms with Crippen molar-refractivity contribution in [1.29, 1.82) is 0 Å². The summed E-state index contributed by atoms with van der Waals surface area (Å²) in [6.07, 6.45) is 5.27. The normalized spacial score (nSPS) is 11.5. The number of para-hydroxylation sites is 1. The summed E-state index contributed by atoms with van der Waals surface area (Å²) < 4.78 is 14.0. The first-order valence-corrected chi connectivity index (χ1v) is 9.76. The van der Waals surface area contributed by atoms with Gasteiger partial charge in [-0.15, -0.1) is 0 Å². The Morgan fingerprint density at radius 2 is 1.90 bits per heavy atom. The monoisotopic (exact) mass is 409 g/mol. The molecule has 0 spiro atoms. The van der Waals surface area contributed by atoms with E-state index in [2.05, 4.69) is 30.4 Å². The van der Waals surface area contributed by atoms with Gasteiger partial charge in [0, 0.05) is 22.7 Å². The molecule has 0 aliphatic heterocycles. The zero-order valence-electron chi connectivity index (χ0n) is 16.4. The summed E-state index contributed by atoms with van der Waals surface area (Å²) in [7, 11) is 0. The van der Waals surface area contributed by atoms with E-state index in [1.165, 1.54) is 12.1 Å². The Hall–Kier alpha value is -4.33. The van der Waals surface area contributed by atoms with E-state index in [-0.39, 0.29) is 5.82 Å². The van der Waals surface area contributed by atoms with Crippen molar-refractivity contribution < 1.29 is 4.39 Å². The Balaban J connectivity index is 1.53. The predicted molar refractivity (Wildman–Crippen MR) is 117 cm³/mol. The number of nitrogens with zero attached hydrogens (tertiary/aromatic N) is 4. The molecular formula is C23H16FN7. The van der Waals surface area contributed by atoms with Crippen molar-refractivity contribution >= 4 is 21.9 Å². The Labute approximate surface area is 175 Å². The smallest absolute Gasteiger partial charge is 0.159 e. The van der Waals surface area contributed by atoms with Crippen LogP contribution >= 0.6 is 0 Å². The molecule has 0 bridgehead atoms. The number of pyridine rings is 1. The molecule has 7 nitrogen and oxygen atoms in total. The number of benzene rings is 2. The molecular weight excluding hydrogens is 393 g/mol. The molecule has 0 aliphatic carbocycles. The van der Waals surface area contributed by atoms with E-state index < -0.39 is 0 Å². The number of H-pyrrole nitrogens is 3. The van der Waals surface area contributed by atoms with Gasteiger partial charge in [0.15, 0.2) is 5.82 Å². The number of nitrogens with one attached hydrogen (secondary N) is 3. The predicted octanol–water partition coefficient (Wildman–Crippen LogP) is 5.01. The molecule has 0 unspecified atom stereocenters. The highest BCUT2D eigenvalue weighted by atomic mass is 19.1. The van der Waals surface area contributed by atoms with E-state index in [0.29, 0.717) is 11.5 Å². The molecule has 0 radical (unpaired) electrons. The van der Waals surface area contributed by atoms with Crippen LogP contribution in [0.3, 0.4) is 0 Å². The minimum Gasteiger partial charge on any atom is -0.337 e. The molecule has 4 heterocycles. The van der Waals surface area contributed by atoms with Crippen molar-refractivity contribution in [2.75, 3.05) is 0 Å². The third kappa shape index (κ3) is 2.88. The Morgan fingerprint density at radius 1 is 0.968 bits per heavy atom. The number of rotatable bonds is 3. The topological polar surface area (TPSA) is 98.9 Å². The van der Waals surface area contributed by atoms with Crippen molar-refractivity contribution in [3.05, 3.63) is 72.4 Å². The van der Waals surface area contributed by atoms with E-state index >= 15 is 0 Å². The summed E-state index contributed by atoms with van der Waals surface area (Å²) in [5, 5.41) is 15.2. The van der Waals surface area contributed by atoms with Gasteiger partial charge >= 0.3 is 0 Å². The van der Waals surface area contributed by atoms with Crippen molar-refractivity contribution in [2.45, 2.75) is 6.92 Å². The SMILES string of the molecule is Cc1cc(F)cc(-c2cccc3[nH]c(-c4n[nH]c5cnc(-c6cn[nH]c6)cc45)nc23)c1. The van der Waals surface area contributed by atoms with Crippen molar-refractivity contribution in [2.24, 2.45) is 0 Å². The van der Waals surface area contributed by atoms with Gasteiger partial charge in [0.25, 0.3) is 0 Å². The number of aromatic amines is 3. The molecule has 0 saturated carbocycles. The zero-order valence-corrected chi connectivity index (χ0v) is 16.4. The van der Waals surface area contributed by atoms with Crippen LogP contribution in [0.2, 0.25) is 0 Å². The van der Waals surface area contributed by atoms with Crippen molar-refractivity contribution in [3.8, 4) is 33.9 Å². The molecule has 4 aromatic heterocycles. The largest absolute Gasteiger partial charge is 0.337 e. The maximum absolute atomic E-state index is 14.0. The fourth-order valence-corrected chi connectivity index (χ4v) is 3.92. The molecule has 0 aliphatic rings. The van der Waals surface area contributed by atoms with Gasteiger partial charge in [-0.2, -0.15) is 10.2 Å². The lowest BCUT2D eigenvalue weighted by molar-refractivity contribution is 0.627. The molecule has 2 aromatic carbocycles. The molecule has 0 fully saturated rings. The van der Waals surface area contributed by atoms with Crippen LogP contribution in [-0.2, 0) is 0 Å². The first kappa shape index (κ1) is 17.5. The zero-order chi connectivity index (χ0) is 20.9. The van der Waals surface area contributed by atoms with Crippen molar-refractivity contribution in [1.82, 2.24) is 35.3 Å². The summed E-state index contributed by atoms with van der Waals surface area (Å²) in [6, 6.07) is 12.8. The van der Waals surface area contributed by atoms with Crippen LogP contribution in [0.1, 0.15) is 5.56 Å². The van der Waals surface area contributed by atoms with Crippen LogP contribution < -0.4 is 0 Å². The molecule has 0 saturated heterocycles. The fraction of sp³-hybridized carbons (Fsp3) is 0.0435. The average Bonchev–Trinajstić information content (AvgIpc) is 3.50. The number of aryl methyl sites for hydroxylation is 1. The third-order valence-electron chi connectivity index (χ3n) is 5.33. The number of hydrogen-bond donors (Lipinski definition) is 3. The summed E-state index contributed by atoms with van der Waals surface area (Å²) in [6.45, 7) is 1.88. The van der Waals surface area contributed by atoms with Gasteiger partial charge in [-0.05, 0) is 42.3 Å². The van der Waals surface area contributed by atoms with Crippen LogP contribution in [0.15, 0.2) is 61.1 Å². The molecule has 6 rings (SSSR count). The Bertz CT molecular complexity index is 1540. The maximum atomic E-state index is 14.0. The van der Waals surface area contributed by atoms with E-state index in [4.69, 9.17) is 4.98 Å². The van der Waals surface area contributed by atoms with Crippen LogP contribution in [-0.4, -0.2) is 35.3 Å². The maximum Gasteiger partial charge on any atom is 0.159 e. The minimum atomic E-state index is -0.264. The first-order chi connectivity index (χ1) is 15.2.